The Labute approximate surface area is 128 Å². The normalized spacial score (nSPS) is 12.4. The van der Waals surface area contributed by atoms with Gasteiger partial charge in [0.25, 0.3) is 0 Å². The summed E-state index contributed by atoms with van der Waals surface area (Å²) in [6.07, 6.45) is 0. The highest BCUT2D eigenvalue weighted by molar-refractivity contribution is 5.71. The summed E-state index contributed by atoms with van der Waals surface area (Å²) < 4.78 is 10.9. The van der Waals surface area contributed by atoms with E-state index in [0.29, 0.717) is 12.4 Å². The van der Waals surface area contributed by atoms with Crippen molar-refractivity contribution in [1.82, 2.24) is 0 Å². The number of carbonyl (C=O) groups excluding carboxylic acids is 1. The molecule has 0 radical (unpaired) electrons. The lowest BCUT2D eigenvalue weighted by Gasteiger charge is -2.30. The smallest absolute Gasteiger partial charge is 0.308 e. The van der Waals surface area contributed by atoms with E-state index in [9.17, 15) is 4.79 Å². The molecule has 0 saturated heterocycles. The minimum atomic E-state index is -0.287. The molecule has 0 saturated carbocycles. The SMILES string of the molecule is COCc1cc(C(C)(C)C)c(OC(C)=O)c(C(C)(C)C)c1. The van der Waals surface area contributed by atoms with Gasteiger partial charge in [0.05, 0.1) is 6.61 Å². The highest BCUT2D eigenvalue weighted by Crippen LogP contribution is 2.40. The van der Waals surface area contributed by atoms with Crippen LogP contribution in [0.2, 0.25) is 0 Å². The zero-order valence-electron chi connectivity index (χ0n) is 14.6. The second-order valence-corrected chi connectivity index (χ2v) is 7.55. The van der Waals surface area contributed by atoms with Crippen molar-refractivity contribution >= 4 is 5.97 Å². The van der Waals surface area contributed by atoms with Crippen LogP contribution >= 0.6 is 0 Å². The maximum Gasteiger partial charge on any atom is 0.308 e. The average Bonchev–Trinajstić information content (AvgIpc) is 2.27. The van der Waals surface area contributed by atoms with Gasteiger partial charge in [0.2, 0.25) is 0 Å². The van der Waals surface area contributed by atoms with E-state index in [2.05, 4.69) is 53.7 Å². The van der Waals surface area contributed by atoms with Crippen molar-refractivity contribution in [3.05, 3.63) is 28.8 Å². The molecule has 3 nitrogen and oxygen atoms in total. The number of hydrogen-bond acceptors (Lipinski definition) is 3. The standard InChI is InChI=1S/C18H28O3/c1-12(19)21-16-14(17(2,3)4)9-13(11-20-8)10-15(16)18(5,6)7/h9-10H,11H2,1-8H3. The van der Waals surface area contributed by atoms with E-state index in [1.54, 1.807) is 7.11 Å². The second-order valence-electron chi connectivity index (χ2n) is 7.55. The molecule has 0 aromatic heterocycles. The van der Waals surface area contributed by atoms with E-state index in [0.717, 1.165) is 16.7 Å². The molecule has 0 bridgehead atoms. The molecule has 0 atom stereocenters. The Balaban J connectivity index is 3.64. The number of methoxy groups -OCH3 is 1. The summed E-state index contributed by atoms with van der Waals surface area (Å²) in [6.45, 7) is 14.7. The average molecular weight is 292 g/mol. The molecule has 118 valence electrons. The molecule has 3 heteroatoms. The lowest BCUT2D eigenvalue weighted by atomic mass is 9.78. The highest BCUT2D eigenvalue weighted by Gasteiger charge is 2.28. The second kappa shape index (κ2) is 6.18. The van der Waals surface area contributed by atoms with Gasteiger partial charge in [-0.25, -0.2) is 0 Å². The number of hydrogen-bond donors (Lipinski definition) is 0. The van der Waals surface area contributed by atoms with Gasteiger partial charge in [-0.3, -0.25) is 4.79 Å². The monoisotopic (exact) mass is 292 g/mol. The van der Waals surface area contributed by atoms with E-state index in [1.807, 2.05) is 0 Å². The van der Waals surface area contributed by atoms with Gasteiger partial charge in [0.15, 0.2) is 0 Å². The fraction of sp³-hybridized carbons (Fsp3) is 0.611. The maximum atomic E-state index is 11.5. The van der Waals surface area contributed by atoms with Gasteiger partial charge in [0.1, 0.15) is 5.75 Å². The quantitative estimate of drug-likeness (QED) is 0.613. The first kappa shape index (κ1) is 17.7. The van der Waals surface area contributed by atoms with E-state index in [4.69, 9.17) is 9.47 Å². The number of ether oxygens (including phenoxy) is 2. The number of esters is 1. The Bertz CT molecular complexity index is 481. The lowest BCUT2D eigenvalue weighted by Crippen LogP contribution is -2.21. The molecule has 0 N–H and O–H groups in total. The molecule has 0 fully saturated rings. The van der Waals surface area contributed by atoms with E-state index >= 15 is 0 Å². The molecule has 0 amide bonds. The van der Waals surface area contributed by atoms with Crippen molar-refractivity contribution < 1.29 is 14.3 Å². The minimum Gasteiger partial charge on any atom is -0.426 e. The summed E-state index contributed by atoms with van der Waals surface area (Å²) in [4.78, 5) is 11.5. The summed E-state index contributed by atoms with van der Waals surface area (Å²) in [6, 6.07) is 4.16. The van der Waals surface area contributed by atoms with Gasteiger partial charge in [-0.1, -0.05) is 41.5 Å². The van der Waals surface area contributed by atoms with Crippen LogP contribution in [0, 0.1) is 0 Å². The van der Waals surface area contributed by atoms with Crippen LogP contribution in [0.4, 0.5) is 0 Å². The summed E-state index contributed by atoms with van der Waals surface area (Å²) in [5, 5.41) is 0. The van der Waals surface area contributed by atoms with Gasteiger partial charge in [-0.2, -0.15) is 0 Å². The number of carbonyl (C=O) groups is 1. The molecular weight excluding hydrogens is 264 g/mol. The first-order chi connectivity index (χ1) is 9.46. The molecule has 0 heterocycles. The van der Waals surface area contributed by atoms with Crippen LogP contribution in [0.1, 0.15) is 65.2 Å². The van der Waals surface area contributed by atoms with Crippen LogP contribution in [0.5, 0.6) is 5.75 Å². The first-order valence-corrected chi connectivity index (χ1v) is 7.32. The Morgan fingerprint density at radius 3 is 1.71 bits per heavy atom. The van der Waals surface area contributed by atoms with Crippen molar-refractivity contribution in [2.24, 2.45) is 0 Å². The largest absolute Gasteiger partial charge is 0.426 e. The van der Waals surface area contributed by atoms with E-state index < -0.39 is 0 Å². The summed E-state index contributed by atoms with van der Waals surface area (Å²) in [5.41, 5.74) is 2.95. The zero-order chi connectivity index (χ0) is 16.4. The van der Waals surface area contributed by atoms with E-state index in [1.165, 1.54) is 6.92 Å². The highest BCUT2D eigenvalue weighted by atomic mass is 16.5. The Hall–Kier alpha value is -1.35. The summed E-state index contributed by atoms with van der Waals surface area (Å²) in [7, 11) is 1.69. The third kappa shape index (κ3) is 4.57. The van der Waals surface area contributed by atoms with E-state index in [-0.39, 0.29) is 16.8 Å². The Morgan fingerprint density at radius 2 is 1.43 bits per heavy atom. The molecule has 0 spiro atoms. The van der Waals surface area contributed by atoms with Crippen molar-refractivity contribution in [3.8, 4) is 5.75 Å². The summed E-state index contributed by atoms with van der Waals surface area (Å²) >= 11 is 0. The molecule has 0 unspecified atom stereocenters. The molecular formula is C18H28O3. The van der Waals surface area contributed by atoms with Gasteiger partial charge in [0, 0.05) is 25.2 Å². The Morgan fingerprint density at radius 1 is 1.00 bits per heavy atom. The van der Waals surface area contributed by atoms with Gasteiger partial charge in [-0.05, 0) is 28.5 Å². The van der Waals surface area contributed by atoms with Gasteiger partial charge in [-0.15, -0.1) is 0 Å². The van der Waals surface area contributed by atoms with Crippen molar-refractivity contribution in [2.45, 2.75) is 65.9 Å². The van der Waals surface area contributed by atoms with Crippen LogP contribution in [-0.4, -0.2) is 13.1 Å². The molecule has 21 heavy (non-hydrogen) atoms. The van der Waals surface area contributed by atoms with Crippen LogP contribution < -0.4 is 4.74 Å². The van der Waals surface area contributed by atoms with Crippen molar-refractivity contribution in [3.63, 3.8) is 0 Å². The zero-order valence-corrected chi connectivity index (χ0v) is 14.6. The lowest BCUT2D eigenvalue weighted by molar-refractivity contribution is -0.132. The Kier molecular flexibility index (Phi) is 5.21. The fourth-order valence-electron chi connectivity index (χ4n) is 2.31. The molecule has 1 aromatic rings. The van der Waals surface area contributed by atoms with Gasteiger partial charge >= 0.3 is 5.97 Å². The third-order valence-corrected chi connectivity index (χ3v) is 3.32. The first-order valence-electron chi connectivity index (χ1n) is 7.32. The van der Waals surface area contributed by atoms with Crippen molar-refractivity contribution in [2.75, 3.05) is 7.11 Å². The van der Waals surface area contributed by atoms with Crippen LogP contribution in [0.3, 0.4) is 0 Å². The maximum absolute atomic E-state index is 11.5. The number of benzene rings is 1. The molecule has 1 rings (SSSR count). The molecule has 0 aliphatic carbocycles. The van der Waals surface area contributed by atoms with Gasteiger partial charge < -0.3 is 9.47 Å². The molecule has 0 aliphatic rings. The van der Waals surface area contributed by atoms with Crippen LogP contribution in [-0.2, 0) is 27.0 Å². The van der Waals surface area contributed by atoms with Crippen LogP contribution in [0.15, 0.2) is 12.1 Å². The predicted octanol–water partition coefficient (Wildman–Crippen LogP) is 4.35. The van der Waals surface area contributed by atoms with Crippen LogP contribution in [0.25, 0.3) is 0 Å². The topological polar surface area (TPSA) is 35.5 Å². The third-order valence-electron chi connectivity index (χ3n) is 3.32. The molecule has 1 aromatic carbocycles. The predicted molar refractivity (Wildman–Crippen MR) is 85.9 cm³/mol. The summed E-state index contributed by atoms with van der Waals surface area (Å²) in [5.74, 6) is 0.410. The fourth-order valence-corrected chi connectivity index (χ4v) is 2.31. The number of rotatable bonds is 3. The molecule has 0 aliphatic heterocycles. The van der Waals surface area contributed by atoms with Crippen molar-refractivity contribution in [1.29, 1.82) is 0 Å². The minimum absolute atomic E-state index is 0.117.